The molecule has 0 radical (unpaired) electrons. The number of guanidine groups is 1. The lowest BCUT2D eigenvalue weighted by molar-refractivity contribution is -0.0505. The van der Waals surface area contributed by atoms with Gasteiger partial charge in [-0.1, -0.05) is 0 Å². The third-order valence-electron chi connectivity index (χ3n) is 5.17. The van der Waals surface area contributed by atoms with Gasteiger partial charge in [0.2, 0.25) is 6.79 Å². The molecule has 1 saturated heterocycles. The molecule has 8 nitrogen and oxygen atoms in total. The maximum atomic E-state index is 12.8. The van der Waals surface area contributed by atoms with E-state index in [0.29, 0.717) is 29.1 Å². The molecule has 0 aliphatic carbocycles. The number of nitrogens with one attached hydrogen (secondary N) is 2. The van der Waals surface area contributed by atoms with Crippen molar-refractivity contribution in [1.82, 2.24) is 20.4 Å². The van der Waals surface area contributed by atoms with Gasteiger partial charge in [0, 0.05) is 64.0 Å². The van der Waals surface area contributed by atoms with E-state index in [9.17, 15) is 8.78 Å². The summed E-state index contributed by atoms with van der Waals surface area (Å²) in [7, 11) is 3.81. The quantitative estimate of drug-likeness (QED) is 0.311. The van der Waals surface area contributed by atoms with Crippen molar-refractivity contribution in [3.63, 3.8) is 0 Å². The molecule has 2 aliphatic heterocycles. The predicted molar refractivity (Wildman–Crippen MR) is 121 cm³/mol. The van der Waals surface area contributed by atoms with Gasteiger partial charge < -0.3 is 29.7 Å². The Labute approximate surface area is 192 Å². The van der Waals surface area contributed by atoms with Gasteiger partial charge in [0.15, 0.2) is 17.5 Å². The zero-order chi connectivity index (χ0) is 20.8. The lowest BCUT2D eigenvalue weighted by Gasteiger charge is -2.36. The van der Waals surface area contributed by atoms with Crippen LogP contribution >= 0.6 is 24.0 Å². The Bertz CT molecular complexity index is 718. The first-order valence-corrected chi connectivity index (χ1v) is 9.70. The highest BCUT2D eigenvalue weighted by molar-refractivity contribution is 14.0. The number of likely N-dealkylation sites (N-methyl/N-ethyl adjacent to an activating group) is 1. The summed E-state index contributed by atoms with van der Waals surface area (Å²) in [5.41, 5.74) is 0.532. The fourth-order valence-electron chi connectivity index (χ4n) is 3.34. The predicted octanol–water partition coefficient (Wildman–Crippen LogP) is 1.94. The largest absolute Gasteiger partial charge is 0.454 e. The highest BCUT2D eigenvalue weighted by atomic mass is 127. The van der Waals surface area contributed by atoms with Gasteiger partial charge in [-0.15, -0.1) is 24.0 Å². The van der Waals surface area contributed by atoms with Gasteiger partial charge in [0.05, 0.1) is 0 Å². The smallest absolute Gasteiger partial charge is 0.387 e. The van der Waals surface area contributed by atoms with Crippen molar-refractivity contribution in [3.05, 3.63) is 17.7 Å². The summed E-state index contributed by atoms with van der Waals surface area (Å²) in [5, 5.41) is 6.45. The molecule has 0 amide bonds. The summed E-state index contributed by atoms with van der Waals surface area (Å²) < 4.78 is 40.8. The van der Waals surface area contributed by atoms with Crippen LogP contribution in [-0.4, -0.2) is 82.0 Å². The Hall–Kier alpha value is -1.60. The monoisotopic (exact) mass is 541 g/mol. The summed E-state index contributed by atoms with van der Waals surface area (Å²) in [6, 6.07) is 3.43. The fourth-order valence-corrected chi connectivity index (χ4v) is 3.34. The normalized spacial score (nSPS) is 18.1. The number of rotatable bonds is 7. The molecule has 0 bridgehead atoms. The molecule has 0 saturated carbocycles. The van der Waals surface area contributed by atoms with Crippen LogP contribution in [0.3, 0.4) is 0 Å². The van der Waals surface area contributed by atoms with Crippen LogP contribution in [0.5, 0.6) is 17.2 Å². The van der Waals surface area contributed by atoms with Crippen LogP contribution in [0.1, 0.15) is 12.5 Å². The van der Waals surface area contributed by atoms with Gasteiger partial charge in [-0.25, -0.2) is 0 Å². The van der Waals surface area contributed by atoms with Crippen LogP contribution in [0.4, 0.5) is 8.78 Å². The Morgan fingerprint density at radius 3 is 2.47 bits per heavy atom. The van der Waals surface area contributed by atoms with Gasteiger partial charge in [-0.3, -0.25) is 9.89 Å². The van der Waals surface area contributed by atoms with Crippen molar-refractivity contribution in [3.8, 4) is 17.2 Å². The van der Waals surface area contributed by atoms with E-state index in [-0.39, 0.29) is 43.1 Å². The molecule has 2 heterocycles. The van der Waals surface area contributed by atoms with Gasteiger partial charge >= 0.3 is 6.61 Å². The molecule has 0 spiro atoms. The number of alkyl halides is 2. The summed E-state index contributed by atoms with van der Waals surface area (Å²) in [5.74, 6) is 1.55. The average molecular weight is 541 g/mol. The van der Waals surface area contributed by atoms with Crippen LogP contribution in [-0.2, 0) is 6.54 Å². The van der Waals surface area contributed by atoms with Crippen LogP contribution < -0.4 is 24.8 Å². The van der Waals surface area contributed by atoms with Crippen LogP contribution in [0.25, 0.3) is 0 Å². The molecular weight excluding hydrogens is 511 g/mol. The number of benzene rings is 1. The van der Waals surface area contributed by atoms with E-state index in [1.807, 2.05) is 0 Å². The van der Waals surface area contributed by atoms with Crippen LogP contribution in [0.15, 0.2) is 17.1 Å². The number of piperazine rings is 1. The minimum Gasteiger partial charge on any atom is -0.454 e. The van der Waals surface area contributed by atoms with Gasteiger partial charge in [-0.05, 0) is 20.0 Å². The number of hydrogen-bond acceptors (Lipinski definition) is 6. The number of hydrogen-bond donors (Lipinski definition) is 2. The Kier molecular flexibility index (Phi) is 9.62. The van der Waals surface area contributed by atoms with Crippen molar-refractivity contribution < 1.29 is 23.0 Å². The molecule has 2 aliphatic rings. The van der Waals surface area contributed by atoms with Crippen molar-refractivity contribution in [2.45, 2.75) is 26.1 Å². The number of fused-ring (bicyclic) bond motifs is 1. The van der Waals surface area contributed by atoms with E-state index >= 15 is 0 Å². The molecule has 2 N–H and O–H groups in total. The lowest BCUT2D eigenvalue weighted by Crippen LogP contribution is -2.52. The zero-order valence-electron chi connectivity index (χ0n) is 17.5. The van der Waals surface area contributed by atoms with Gasteiger partial charge in [0.1, 0.15) is 5.75 Å². The number of ether oxygens (including phenoxy) is 3. The van der Waals surface area contributed by atoms with Crippen molar-refractivity contribution in [2.75, 3.05) is 53.6 Å². The van der Waals surface area contributed by atoms with E-state index in [4.69, 9.17) is 9.47 Å². The Morgan fingerprint density at radius 2 is 1.83 bits per heavy atom. The van der Waals surface area contributed by atoms with E-state index < -0.39 is 6.61 Å². The number of nitrogens with zero attached hydrogens (tertiary/aromatic N) is 3. The standard InChI is InChI=1S/C19H29F2N5O3.HI/c1-13(26-6-4-25(3)5-7-26)10-23-19(22-2)24-11-14-8-16-17(28-12-27-16)9-15(14)29-18(20)21;/h8-9,13,18H,4-7,10-12H2,1-3H3,(H2,22,23,24);1H. The van der Waals surface area contributed by atoms with Gasteiger partial charge in [-0.2, -0.15) is 8.78 Å². The molecule has 3 rings (SSSR count). The molecule has 0 aromatic heterocycles. The molecule has 11 heteroatoms. The number of aliphatic imine (C=N–C) groups is 1. The van der Waals surface area contributed by atoms with E-state index in [2.05, 4.69) is 44.1 Å². The molecule has 170 valence electrons. The molecule has 30 heavy (non-hydrogen) atoms. The maximum absolute atomic E-state index is 12.8. The second-order valence-electron chi connectivity index (χ2n) is 7.19. The summed E-state index contributed by atoms with van der Waals surface area (Å²) in [6.45, 7) is 4.50. The first-order chi connectivity index (χ1) is 14.0. The minimum atomic E-state index is -2.92. The number of halogens is 3. The molecule has 1 fully saturated rings. The Balaban J connectivity index is 0.00000320. The van der Waals surface area contributed by atoms with Crippen molar-refractivity contribution in [1.29, 1.82) is 0 Å². The third kappa shape index (κ3) is 6.71. The van der Waals surface area contributed by atoms with Crippen LogP contribution in [0.2, 0.25) is 0 Å². The molecule has 1 unspecified atom stereocenters. The van der Waals surface area contributed by atoms with Gasteiger partial charge in [0.25, 0.3) is 0 Å². The van der Waals surface area contributed by atoms with E-state index in [1.54, 1.807) is 13.1 Å². The fraction of sp³-hybridized carbons (Fsp3) is 0.632. The highest BCUT2D eigenvalue weighted by Crippen LogP contribution is 2.38. The van der Waals surface area contributed by atoms with E-state index in [0.717, 1.165) is 32.7 Å². The minimum absolute atomic E-state index is 0. The molecule has 1 aromatic carbocycles. The second-order valence-corrected chi connectivity index (χ2v) is 7.19. The first kappa shape index (κ1) is 24.7. The average Bonchev–Trinajstić information content (AvgIpc) is 3.15. The molecule has 1 aromatic rings. The highest BCUT2D eigenvalue weighted by Gasteiger charge is 2.21. The Morgan fingerprint density at radius 1 is 1.17 bits per heavy atom. The van der Waals surface area contributed by atoms with E-state index in [1.165, 1.54) is 6.07 Å². The van der Waals surface area contributed by atoms with Crippen molar-refractivity contribution in [2.24, 2.45) is 4.99 Å². The van der Waals surface area contributed by atoms with Crippen molar-refractivity contribution >= 4 is 29.9 Å². The maximum Gasteiger partial charge on any atom is 0.387 e. The molecular formula is C19H30F2IN5O3. The first-order valence-electron chi connectivity index (χ1n) is 9.70. The third-order valence-corrected chi connectivity index (χ3v) is 5.17. The zero-order valence-corrected chi connectivity index (χ0v) is 19.8. The second kappa shape index (κ2) is 11.7. The summed E-state index contributed by atoms with van der Waals surface area (Å²) >= 11 is 0. The SMILES string of the molecule is CN=C(NCc1cc2c(cc1OC(F)F)OCO2)NCC(C)N1CCN(C)CC1.I. The topological polar surface area (TPSA) is 70.6 Å². The summed E-state index contributed by atoms with van der Waals surface area (Å²) in [6.07, 6.45) is 0. The lowest BCUT2D eigenvalue weighted by atomic mass is 10.1. The van der Waals surface area contributed by atoms with Crippen LogP contribution in [0, 0.1) is 0 Å². The molecule has 1 atom stereocenters. The summed E-state index contributed by atoms with van der Waals surface area (Å²) in [4.78, 5) is 8.98.